The molecule has 2 aliphatic rings. The number of likely N-dealkylation sites (tertiary alicyclic amines) is 1. The van der Waals surface area contributed by atoms with Crippen LogP contribution in [0.1, 0.15) is 33.6 Å². The minimum atomic E-state index is -0.253. The maximum absolute atomic E-state index is 12.0. The van der Waals surface area contributed by atoms with Gasteiger partial charge in [0.2, 0.25) is 5.91 Å². The molecule has 0 N–H and O–H groups in total. The van der Waals surface area contributed by atoms with Crippen molar-refractivity contribution in [3.05, 3.63) is 0 Å². The Kier molecular flexibility index (Phi) is 2.30. The van der Waals surface area contributed by atoms with E-state index in [4.69, 9.17) is 4.74 Å². The normalized spacial score (nSPS) is 32.1. The monoisotopic (exact) mass is 197 g/mol. The highest BCUT2D eigenvalue weighted by Crippen LogP contribution is 2.29. The molecule has 2 fully saturated rings. The standard InChI is InChI=1S/C11H19NO2/c1-11(2,3)10(13)12-6-8-4-5-9(7-12)14-8/h8-9H,4-7H2,1-3H3. The van der Waals surface area contributed by atoms with Gasteiger partial charge in [-0.2, -0.15) is 0 Å². The predicted octanol–water partition coefficient (Wildman–Crippen LogP) is 1.42. The number of fused-ring (bicyclic) bond motifs is 2. The van der Waals surface area contributed by atoms with E-state index < -0.39 is 0 Å². The first kappa shape index (κ1) is 9.97. The summed E-state index contributed by atoms with van der Waals surface area (Å²) in [5, 5.41) is 0. The van der Waals surface area contributed by atoms with Crippen LogP contribution in [0.25, 0.3) is 0 Å². The maximum atomic E-state index is 12.0. The highest BCUT2D eigenvalue weighted by atomic mass is 16.5. The van der Waals surface area contributed by atoms with Crippen LogP contribution >= 0.6 is 0 Å². The van der Waals surface area contributed by atoms with E-state index in [-0.39, 0.29) is 11.3 Å². The smallest absolute Gasteiger partial charge is 0.228 e. The van der Waals surface area contributed by atoms with Crippen molar-refractivity contribution in [2.45, 2.75) is 45.8 Å². The Morgan fingerprint density at radius 2 is 1.71 bits per heavy atom. The van der Waals surface area contributed by atoms with E-state index in [0.717, 1.165) is 25.9 Å². The van der Waals surface area contributed by atoms with Gasteiger partial charge in [-0.25, -0.2) is 0 Å². The predicted molar refractivity (Wildman–Crippen MR) is 53.9 cm³/mol. The lowest BCUT2D eigenvalue weighted by Crippen LogP contribution is -2.49. The molecule has 0 aliphatic carbocycles. The third-order valence-corrected chi connectivity index (χ3v) is 2.97. The molecule has 2 atom stereocenters. The number of ether oxygens (including phenoxy) is 1. The van der Waals surface area contributed by atoms with Crippen LogP contribution in [0.2, 0.25) is 0 Å². The Labute approximate surface area is 85.4 Å². The number of hydrogen-bond donors (Lipinski definition) is 0. The summed E-state index contributed by atoms with van der Waals surface area (Å²) in [7, 11) is 0. The van der Waals surface area contributed by atoms with Gasteiger partial charge in [-0.15, -0.1) is 0 Å². The van der Waals surface area contributed by atoms with Gasteiger partial charge in [0.25, 0.3) is 0 Å². The van der Waals surface area contributed by atoms with E-state index in [0.29, 0.717) is 12.2 Å². The lowest BCUT2D eigenvalue weighted by molar-refractivity contribution is -0.148. The molecule has 2 saturated heterocycles. The van der Waals surface area contributed by atoms with Crippen LogP contribution in [0.4, 0.5) is 0 Å². The molecule has 14 heavy (non-hydrogen) atoms. The molecule has 0 spiro atoms. The van der Waals surface area contributed by atoms with Crippen molar-refractivity contribution < 1.29 is 9.53 Å². The molecule has 2 unspecified atom stereocenters. The van der Waals surface area contributed by atoms with E-state index >= 15 is 0 Å². The molecule has 3 nitrogen and oxygen atoms in total. The van der Waals surface area contributed by atoms with Crippen molar-refractivity contribution in [1.82, 2.24) is 4.90 Å². The minimum absolute atomic E-state index is 0.253. The average molecular weight is 197 g/mol. The van der Waals surface area contributed by atoms with Crippen LogP contribution in [0.5, 0.6) is 0 Å². The molecule has 80 valence electrons. The second kappa shape index (κ2) is 3.23. The molecule has 0 aromatic rings. The Morgan fingerprint density at radius 3 is 2.14 bits per heavy atom. The lowest BCUT2D eigenvalue weighted by Gasteiger charge is -2.35. The molecule has 1 amide bonds. The van der Waals surface area contributed by atoms with Crippen molar-refractivity contribution in [2.24, 2.45) is 5.41 Å². The molecule has 2 heterocycles. The summed E-state index contributed by atoms with van der Waals surface area (Å²) in [5.74, 6) is 0.262. The van der Waals surface area contributed by atoms with Crippen LogP contribution < -0.4 is 0 Å². The molecule has 2 aliphatic heterocycles. The summed E-state index contributed by atoms with van der Waals surface area (Å²) in [4.78, 5) is 14.0. The van der Waals surface area contributed by atoms with Crippen LogP contribution in [0.15, 0.2) is 0 Å². The first-order valence-corrected chi connectivity index (χ1v) is 5.41. The molecule has 0 saturated carbocycles. The molecule has 0 aromatic carbocycles. The number of amides is 1. The Balaban J connectivity index is 2.03. The number of hydrogen-bond acceptors (Lipinski definition) is 2. The number of nitrogens with zero attached hydrogens (tertiary/aromatic N) is 1. The number of carbonyl (C=O) groups is 1. The van der Waals surface area contributed by atoms with Crippen LogP contribution in [0.3, 0.4) is 0 Å². The second-order valence-corrected chi connectivity index (χ2v) is 5.42. The van der Waals surface area contributed by atoms with E-state index in [9.17, 15) is 4.79 Å². The van der Waals surface area contributed by atoms with Crippen molar-refractivity contribution >= 4 is 5.91 Å². The van der Waals surface area contributed by atoms with Gasteiger partial charge in [-0.05, 0) is 12.8 Å². The largest absolute Gasteiger partial charge is 0.371 e. The van der Waals surface area contributed by atoms with Crippen molar-refractivity contribution in [2.75, 3.05) is 13.1 Å². The van der Waals surface area contributed by atoms with Gasteiger partial charge in [0.15, 0.2) is 0 Å². The molecule has 0 radical (unpaired) electrons. The maximum Gasteiger partial charge on any atom is 0.228 e. The Hall–Kier alpha value is -0.570. The van der Waals surface area contributed by atoms with E-state index in [1.807, 2.05) is 25.7 Å². The molecule has 2 bridgehead atoms. The number of rotatable bonds is 0. The summed E-state index contributed by atoms with van der Waals surface area (Å²) >= 11 is 0. The van der Waals surface area contributed by atoms with Gasteiger partial charge in [-0.1, -0.05) is 20.8 Å². The summed E-state index contributed by atoms with van der Waals surface area (Å²) in [6.07, 6.45) is 2.86. The van der Waals surface area contributed by atoms with Crippen molar-refractivity contribution in [3.8, 4) is 0 Å². The lowest BCUT2D eigenvalue weighted by atomic mass is 9.94. The van der Waals surface area contributed by atoms with Gasteiger partial charge in [0.05, 0.1) is 12.2 Å². The highest BCUT2D eigenvalue weighted by molar-refractivity contribution is 5.81. The Morgan fingerprint density at radius 1 is 1.21 bits per heavy atom. The topological polar surface area (TPSA) is 29.5 Å². The van der Waals surface area contributed by atoms with Crippen LogP contribution in [0, 0.1) is 5.41 Å². The summed E-state index contributed by atoms with van der Waals surface area (Å²) in [5.41, 5.74) is -0.253. The molecule has 2 rings (SSSR count). The van der Waals surface area contributed by atoms with E-state index in [2.05, 4.69) is 0 Å². The molecular formula is C11H19NO2. The molecule has 0 aromatic heterocycles. The van der Waals surface area contributed by atoms with Crippen LogP contribution in [-0.4, -0.2) is 36.1 Å². The quantitative estimate of drug-likeness (QED) is 0.588. The van der Waals surface area contributed by atoms with Gasteiger partial charge in [-0.3, -0.25) is 4.79 Å². The summed E-state index contributed by atoms with van der Waals surface area (Å²) in [6, 6.07) is 0. The van der Waals surface area contributed by atoms with Gasteiger partial charge in [0, 0.05) is 18.5 Å². The van der Waals surface area contributed by atoms with Crippen molar-refractivity contribution in [3.63, 3.8) is 0 Å². The number of carbonyl (C=O) groups excluding carboxylic acids is 1. The van der Waals surface area contributed by atoms with E-state index in [1.54, 1.807) is 0 Å². The van der Waals surface area contributed by atoms with E-state index in [1.165, 1.54) is 0 Å². The summed E-state index contributed by atoms with van der Waals surface area (Å²) in [6.45, 7) is 7.53. The fraction of sp³-hybridized carbons (Fsp3) is 0.909. The average Bonchev–Trinajstić information content (AvgIpc) is 2.42. The van der Waals surface area contributed by atoms with Gasteiger partial charge >= 0.3 is 0 Å². The van der Waals surface area contributed by atoms with Gasteiger partial charge in [0.1, 0.15) is 0 Å². The summed E-state index contributed by atoms with van der Waals surface area (Å²) < 4.78 is 5.70. The van der Waals surface area contributed by atoms with Gasteiger partial charge < -0.3 is 9.64 Å². The van der Waals surface area contributed by atoms with Crippen LogP contribution in [-0.2, 0) is 9.53 Å². The first-order chi connectivity index (χ1) is 6.47. The first-order valence-electron chi connectivity index (χ1n) is 5.41. The zero-order chi connectivity index (χ0) is 10.3. The SMILES string of the molecule is CC(C)(C)C(=O)N1CC2CCC(C1)O2. The van der Waals surface area contributed by atoms with Crippen molar-refractivity contribution in [1.29, 1.82) is 0 Å². The Bertz CT molecular complexity index is 232. The fourth-order valence-corrected chi connectivity index (χ4v) is 2.25. The third kappa shape index (κ3) is 1.78. The number of morpholine rings is 1. The fourth-order valence-electron chi connectivity index (χ4n) is 2.25. The third-order valence-electron chi connectivity index (χ3n) is 2.97. The highest BCUT2D eigenvalue weighted by Gasteiger charge is 2.38. The zero-order valence-corrected chi connectivity index (χ0v) is 9.25. The molecular weight excluding hydrogens is 178 g/mol. The zero-order valence-electron chi connectivity index (χ0n) is 9.25. The second-order valence-electron chi connectivity index (χ2n) is 5.42. The minimum Gasteiger partial charge on any atom is -0.371 e. The molecule has 3 heteroatoms.